The number of hydrogen-bond donors (Lipinski definition) is 1. The fourth-order valence-electron chi connectivity index (χ4n) is 2.45. The van der Waals surface area contributed by atoms with Gasteiger partial charge in [0.25, 0.3) is 0 Å². The van der Waals surface area contributed by atoms with E-state index in [2.05, 4.69) is 13.0 Å². The molecule has 0 amide bonds. The van der Waals surface area contributed by atoms with Crippen molar-refractivity contribution in [2.24, 2.45) is 0 Å². The van der Waals surface area contributed by atoms with Crippen LogP contribution in [0.1, 0.15) is 43.2 Å². The van der Waals surface area contributed by atoms with Crippen LogP contribution in [0.5, 0.6) is 0 Å². The van der Waals surface area contributed by atoms with Crippen LogP contribution in [0.25, 0.3) is 0 Å². The lowest BCUT2D eigenvalue weighted by atomic mass is 9.73. The third kappa shape index (κ3) is 1.70. The van der Waals surface area contributed by atoms with E-state index in [1.165, 1.54) is 5.56 Å². The van der Waals surface area contributed by atoms with Gasteiger partial charge in [0.05, 0.1) is 5.60 Å². The molecule has 0 spiro atoms. The minimum Gasteiger partial charge on any atom is -0.385 e. The molecular weight excluding hydrogens is 188 g/mol. The van der Waals surface area contributed by atoms with Crippen molar-refractivity contribution in [3.8, 4) is 0 Å². The summed E-state index contributed by atoms with van der Waals surface area (Å²) in [5.41, 5.74) is 1.20. The monoisotopic (exact) mass is 204 g/mol. The van der Waals surface area contributed by atoms with Crippen LogP contribution in [0, 0.1) is 0 Å². The highest BCUT2D eigenvalue weighted by atomic mass is 16.3. The smallest absolute Gasteiger partial charge is 0.123 e. The van der Waals surface area contributed by atoms with Crippen LogP contribution in [0.15, 0.2) is 24.3 Å². The van der Waals surface area contributed by atoms with Crippen molar-refractivity contribution in [2.75, 3.05) is 0 Å². The predicted molar refractivity (Wildman–Crippen MR) is 58.7 cm³/mol. The van der Waals surface area contributed by atoms with E-state index in [9.17, 15) is 9.90 Å². The molecule has 15 heavy (non-hydrogen) atoms. The summed E-state index contributed by atoms with van der Waals surface area (Å²) in [6.07, 6.45) is 2.65. The molecule has 2 rings (SSSR count). The zero-order chi connectivity index (χ0) is 10.9. The van der Waals surface area contributed by atoms with Crippen molar-refractivity contribution in [1.29, 1.82) is 0 Å². The highest BCUT2D eigenvalue weighted by Gasteiger charge is 2.35. The Morgan fingerprint density at radius 1 is 1.53 bits per heavy atom. The predicted octanol–water partition coefficient (Wildman–Crippen LogP) is 2.36. The first-order valence-electron chi connectivity index (χ1n) is 5.43. The second-order valence-electron chi connectivity index (χ2n) is 4.43. The number of aldehydes is 1. The zero-order valence-electron chi connectivity index (χ0n) is 8.94. The highest BCUT2D eigenvalue weighted by Crippen LogP contribution is 2.42. The van der Waals surface area contributed by atoms with Gasteiger partial charge in [-0.15, -0.1) is 0 Å². The van der Waals surface area contributed by atoms with Crippen LogP contribution >= 0.6 is 0 Å². The number of rotatable bonds is 2. The molecule has 2 heteroatoms. The van der Waals surface area contributed by atoms with Crippen LogP contribution < -0.4 is 0 Å². The Hall–Kier alpha value is -1.15. The summed E-state index contributed by atoms with van der Waals surface area (Å²) in [7, 11) is 0. The first-order chi connectivity index (χ1) is 7.17. The summed E-state index contributed by atoms with van der Waals surface area (Å²) >= 11 is 0. The van der Waals surface area contributed by atoms with Crippen LogP contribution in [0.2, 0.25) is 0 Å². The van der Waals surface area contributed by atoms with E-state index in [1.807, 2.05) is 18.2 Å². The van der Waals surface area contributed by atoms with Crippen LogP contribution in [-0.4, -0.2) is 11.4 Å². The molecule has 0 radical (unpaired) electrons. The Kier molecular flexibility index (Phi) is 2.61. The minimum atomic E-state index is -0.926. The van der Waals surface area contributed by atoms with Gasteiger partial charge >= 0.3 is 0 Å². The number of fused-ring (bicyclic) bond motifs is 1. The van der Waals surface area contributed by atoms with Crippen molar-refractivity contribution in [1.82, 2.24) is 0 Å². The van der Waals surface area contributed by atoms with Gasteiger partial charge in [-0.1, -0.05) is 31.2 Å². The van der Waals surface area contributed by atoms with Gasteiger partial charge < -0.3 is 9.90 Å². The molecule has 2 atom stereocenters. The van der Waals surface area contributed by atoms with Crippen molar-refractivity contribution in [2.45, 2.75) is 37.7 Å². The molecular formula is C13H16O2. The molecule has 1 N–H and O–H groups in total. The van der Waals surface area contributed by atoms with Crippen molar-refractivity contribution in [3.05, 3.63) is 35.4 Å². The zero-order valence-corrected chi connectivity index (χ0v) is 8.94. The standard InChI is InChI=1S/C13H16O2/c1-10-6-7-13(15,8-9-14)12-5-3-2-4-11(10)12/h2-5,9-10,15H,6-8H2,1H3. The summed E-state index contributed by atoms with van der Waals surface area (Å²) in [5, 5.41) is 10.4. The minimum absolute atomic E-state index is 0.205. The molecule has 0 fully saturated rings. The van der Waals surface area contributed by atoms with Crippen molar-refractivity contribution < 1.29 is 9.90 Å². The van der Waals surface area contributed by atoms with E-state index >= 15 is 0 Å². The fraction of sp³-hybridized carbons (Fsp3) is 0.462. The quantitative estimate of drug-likeness (QED) is 0.751. The average Bonchev–Trinajstić information content (AvgIpc) is 2.25. The molecule has 1 aromatic rings. The van der Waals surface area contributed by atoms with E-state index in [0.717, 1.165) is 18.3 Å². The summed E-state index contributed by atoms with van der Waals surface area (Å²) in [5.74, 6) is 0.480. The summed E-state index contributed by atoms with van der Waals surface area (Å²) in [6.45, 7) is 2.17. The molecule has 0 heterocycles. The fourth-order valence-corrected chi connectivity index (χ4v) is 2.45. The van der Waals surface area contributed by atoms with Gasteiger partial charge in [0, 0.05) is 6.42 Å². The van der Waals surface area contributed by atoms with Crippen molar-refractivity contribution in [3.63, 3.8) is 0 Å². The topological polar surface area (TPSA) is 37.3 Å². The summed E-state index contributed by atoms with van der Waals surface area (Å²) in [4.78, 5) is 10.6. The Morgan fingerprint density at radius 2 is 2.27 bits per heavy atom. The summed E-state index contributed by atoms with van der Waals surface area (Å²) in [6, 6.07) is 7.90. The second kappa shape index (κ2) is 3.78. The Labute approximate surface area is 89.9 Å². The SMILES string of the molecule is CC1CCC(O)(CC=O)c2ccccc21. The maximum atomic E-state index is 10.6. The molecule has 0 aliphatic heterocycles. The number of benzene rings is 1. The molecule has 80 valence electrons. The van der Waals surface area contributed by atoms with Gasteiger partial charge in [-0.2, -0.15) is 0 Å². The third-order valence-corrected chi connectivity index (χ3v) is 3.41. The van der Waals surface area contributed by atoms with E-state index in [-0.39, 0.29) is 6.42 Å². The number of aliphatic hydroxyl groups is 1. The largest absolute Gasteiger partial charge is 0.385 e. The molecule has 1 aliphatic carbocycles. The van der Waals surface area contributed by atoms with Gasteiger partial charge in [-0.05, 0) is 29.9 Å². The molecule has 0 aromatic heterocycles. The second-order valence-corrected chi connectivity index (χ2v) is 4.43. The molecule has 1 aliphatic rings. The van der Waals surface area contributed by atoms with Gasteiger partial charge in [-0.25, -0.2) is 0 Å². The third-order valence-electron chi connectivity index (χ3n) is 3.41. The van der Waals surface area contributed by atoms with Gasteiger partial charge in [0.2, 0.25) is 0 Å². The number of carbonyl (C=O) groups excluding carboxylic acids is 1. The van der Waals surface area contributed by atoms with Gasteiger partial charge in [-0.3, -0.25) is 0 Å². The van der Waals surface area contributed by atoms with E-state index in [4.69, 9.17) is 0 Å². The number of hydrogen-bond acceptors (Lipinski definition) is 2. The van der Waals surface area contributed by atoms with Crippen LogP contribution in [-0.2, 0) is 10.4 Å². The molecule has 1 aromatic carbocycles. The normalized spacial score (nSPS) is 29.6. The number of carbonyl (C=O) groups is 1. The summed E-state index contributed by atoms with van der Waals surface area (Å²) < 4.78 is 0. The lowest BCUT2D eigenvalue weighted by Gasteiger charge is -2.36. The lowest BCUT2D eigenvalue weighted by molar-refractivity contribution is -0.113. The molecule has 2 unspecified atom stereocenters. The van der Waals surface area contributed by atoms with Crippen molar-refractivity contribution >= 4 is 6.29 Å². The molecule has 0 saturated heterocycles. The Balaban J connectivity index is 2.48. The van der Waals surface area contributed by atoms with E-state index < -0.39 is 5.60 Å². The Bertz CT molecular complexity index is 373. The first-order valence-corrected chi connectivity index (χ1v) is 5.43. The first kappa shape index (κ1) is 10.4. The molecule has 2 nitrogen and oxygen atoms in total. The molecule has 0 bridgehead atoms. The molecule has 0 saturated carbocycles. The maximum Gasteiger partial charge on any atom is 0.123 e. The van der Waals surface area contributed by atoms with Crippen LogP contribution in [0.3, 0.4) is 0 Å². The Morgan fingerprint density at radius 3 is 3.00 bits per heavy atom. The average molecular weight is 204 g/mol. The maximum absolute atomic E-state index is 10.6. The van der Waals surface area contributed by atoms with E-state index in [0.29, 0.717) is 12.3 Å². The van der Waals surface area contributed by atoms with Crippen LogP contribution in [0.4, 0.5) is 0 Å². The van der Waals surface area contributed by atoms with E-state index in [1.54, 1.807) is 0 Å². The highest BCUT2D eigenvalue weighted by molar-refractivity contribution is 5.54. The van der Waals surface area contributed by atoms with Gasteiger partial charge in [0.1, 0.15) is 6.29 Å². The van der Waals surface area contributed by atoms with Gasteiger partial charge in [0.15, 0.2) is 0 Å². The lowest BCUT2D eigenvalue weighted by Crippen LogP contribution is -2.32.